The van der Waals surface area contributed by atoms with Crippen molar-refractivity contribution in [3.05, 3.63) is 70.9 Å². The second-order valence-corrected chi connectivity index (χ2v) is 6.97. The van der Waals surface area contributed by atoms with Crippen molar-refractivity contribution in [2.75, 3.05) is 31.2 Å². The van der Waals surface area contributed by atoms with Gasteiger partial charge in [-0.2, -0.15) is 0 Å². The minimum absolute atomic E-state index is 0.263. The summed E-state index contributed by atoms with van der Waals surface area (Å²) in [5.41, 5.74) is 4.52. The highest BCUT2D eigenvalue weighted by Gasteiger charge is 2.42. The van der Waals surface area contributed by atoms with Gasteiger partial charge in [0.15, 0.2) is 0 Å². The van der Waals surface area contributed by atoms with Gasteiger partial charge in [-0.05, 0) is 31.5 Å². The normalized spacial score (nSPS) is 17.9. The minimum Gasteiger partial charge on any atom is -0.378 e. The molecule has 2 aliphatic rings. The molecule has 1 fully saturated rings. The fraction of sp³-hybridized carbons (Fsp3) is 0.273. The number of ether oxygens (including phenoxy) is 1. The van der Waals surface area contributed by atoms with Gasteiger partial charge in [-0.15, -0.1) is 0 Å². The van der Waals surface area contributed by atoms with Crippen LogP contribution < -0.4 is 4.90 Å². The number of morpholine rings is 1. The predicted octanol–water partition coefficient (Wildman–Crippen LogP) is 2.92. The van der Waals surface area contributed by atoms with Crippen molar-refractivity contribution < 1.29 is 14.3 Å². The van der Waals surface area contributed by atoms with Crippen molar-refractivity contribution in [3.8, 4) is 0 Å². The third-order valence-corrected chi connectivity index (χ3v) is 5.02. The van der Waals surface area contributed by atoms with Crippen molar-refractivity contribution in [2.45, 2.75) is 13.8 Å². The number of hydrogen-bond donors (Lipinski definition) is 0. The zero-order valence-corrected chi connectivity index (χ0v) is 15.6. The van der Waals surface area contributed by atoms with Crippen molar-refractivity contribution in [1.29, 1.82) is 0 Å². The van der Waals surface area contributed by atoms with Gasteiger partial charge in [0.2, 0.25) is 0 Å². The molecule has 2 aromatic carbocycles. The van der Waals surface area contributed by atoms with Gasteiger partial charge in [-0.25, -0.2) is 4.90 Å². The standard InChI is InChI=1S/C22H22N2O3/c1-15-3-7-17(8-4-15)19-20(23-11-13-27-14-12-23)22(26)24(21(19)25)18-9-5-16(2)6-10-18/h3-10H,11-14H2,1-2H3. The van der Waals surface area contributed by atoms with E-state index < -0.39 is 0 Å². The molecular weight excluding hydrogens is 340 g/mol. The summed E-state index contributed by atoms with van der Waals surface area (Å²) in [5, 5.41) is 0. The van der Waals surface area contributed by atoms with Gasteiger partial charge in [-0.3, -0.25) is 9.59 Å². The fourth-order valence-electron chi connectivity index (χ4n) is 3.51. The number of nitrogens with zero attached hydrogens (tertiary/aromatic N) is 2. The van der Waals surface area contributed by atoms with Gasteiger partial charge in [-0.1, -0.05) is 47.5 Å². The summed E-state index contributed by atoms with van der Waals surface area (Å²) in [5.74, 6) is -0.532. The topological polar surface area (TPSA) is 49.9 Å². The molecule has 2 aliphatic heterocycles. The Kier molecular flexibility index (Phi) is 4.54. The van der Waals surface area contributed by atoms with E-state index in [0.717, 1.165) is 16.7 Å². The fourth-order valence-corrected chi connectivity index (χ4v) is 3.51. The van der Waals surface area contributed by atoms with Crippen molar-refractivity contribution in [1.82, 2.24) is 4.90 Å². The molecule has 2 heterocycles. The largest absolute Gasteiger partial charge is 0.378 e. The zero-order chi connectivity index (χ0) is 19.0. The van der Waals surface area contributed by atoms with Gasteiger partial charge < -0.3 is 9.64 Å². The summed E-state index contributed by atoms with van der Waals surface area (Å²) < 4.78 is 5.43. The van der Waals surface area contributed by atoms with Gasteiger partial charge in [0.05, 0.1) is 24.5 Å². The highest BCUT2D eigenvalue weighted by atomic mass is 16.5. The van der Waals surface area contributed by atoms with Gasteiger partial charge in [0, 0.05) is 13.1 Å². The van der Waals surface area contributed by atoms with Crippen molar-refractivity contribution in [3.63, 3.8) is 0 Å². The van der Waals surface area contributed by atoms with E-state index in [-0.39, 0.29) is 11.8 Å². The van der Waals surface area contributed by atoms with Crippen LogP contribution >= 0.6 is 0 Å². The first kappa shape index (κ1) is 17.5. The number of imide groups is 1. The molecule has 0 bridgehead atoms. The van der Waals surface area contributed by atoms with Crippen LogP contribution in [0.2, 0.25) is 0 Å². The molecule has 138 valence electrons. The second kappa shape index (κ2) is 7.00. The first-order chi connectivity index (χ1) is 13.1. The third kappa shape index (κ3) is 3.15. The lowest BCUT2D eigenvalue weighted by atomic mass is 10.0. The summed E-state index contributed by atoms with van der Waals surface area (Å²) in [7, 11) is 0. The SMILES string of the molecule is Cc1ccc(C2=C(N3CCOCC3)C(=O)N(c3ccc(C)cc3)C2=O)cc1. The Hall–Kier alpha value is -2.92. The molecule has 0 spiro atoms. The van der Waals surface area contributed by atoms with Gasteiger partial charge in [0.1, 0.15) is 5.70 Å². The van der Waals surface area contributed by atoms with Crippen LogP contribution in [0.25, 0.3) is 5.57 Å². The summed E-state index contributed by atoms with van der Waals surface area (Å²) >= 11 is 0. The summed E-state index contributed by atoms with van der Waals surface area (Å²) in [6, 6.07) is 15.2. The van der Waals surface area contributed by atoms with Crippen LogP contribution in [0, 0.1) is 13.8 Å². The minimum atomic E-state index is -0.269. The van der Waals surface area contributed by atoms with E-state index in [1.165, 1.54) is 4.90 Å². The van der Waals surface area contributed by atoms with E-state index in [0.29, 0.717) is 43.3 Å². The summed E-state index contributed by atoms with van der Waals surface area (Å²) in [6.07, 6.45) is 0. The molecule has 0 unspecified atom stereocenters. The lowest BCUT2D eigenvalue weighted by Gasteiger charge is -2.29. The molecule has 5 heteroatoms. The highest BCUT2D eigenvalue weighted by Crippen LogP contribution is 2.35. The van der Waals surface area contributed by atoms with Crippen LogP contribution in [-0.4, -0.2) is 43.0 Å². The quantitative estimate of drug-likeness (QED) is 0.788. The Morgan fingerprint density at radius 1 is 0.778 bits per heavy atom. The maximum Gasteiger partial charge on any atom is 0.282 e. The van der Waals surface area contributed by atoms with E-state index in [2.05, 4.69) is 0 Å². The number of aryl methyl sites for hydroxylation is 2. The van der Waals surface area contributed by atoms with Crippen molar-refractivity contribution in [2.24, 2.45) is 0 Å². The van der Waals surface area contributed by atoms with Crippen LogP contribution in [0.15, 0.2) is 54.2 Å². The number of carbonyl (C=O) groups excluding carboxylic acids is 2. The molecule has 1 saturated heterocycles. The number of hydrogen-bond acceptors (Lipinski definition) is 4. The maximum absolute atomic E-state index is 13.3. The molecule has 0 radical (unpaired) electrons. The second-order valence-electron chi connectivity index (χ2n) is 6.97. The van der Waals surface area contributed by atoms with Crippen molar-refractivity contribution >= 4 is 23.1 Å². The van der Waals surface area contributed by atoms with E-state index >= 15 is 0 Å². The smallest absolute Gasteiger partial charge is 0.282 e. The first-order valence-corrected chi connectivity index (χ1v) is 9.16. The molecule has 2 aromatic rings. The Bertz CT molecular complexity index is 908. The average molecular weight is 362 g/mol. The molecule has 0 aromatic heterocycles. The van der Waals surface area contributed by atoms with E-state index in [1.54, 1.807) is 0 Å². The Labute approximate surface area is 158 Å². The van der Waals surface area contributed by atoms with Crippen LogP contribution in [0.4, 0.5) is 5.69 Å². The van der Waals surface area contributed by atoms with E-state index in [9.17, 15) is 9.59 Å². The summed E-state index contributed by atoms with van der Waals surface area (Å²) in [4.78, 5) is 29.9. The van der Waals surface area contributed by atoms with E-state index in [1.807, 2.05) is 67.3 Å². The van der Waals surface area contributed by atoms with Crippen LogP contribution in [0.3, 0.4) is 0 Å². The predicted molar refractivity (Wildman–Crippen MR) is 104 cm³/mol. The molecule has 0 atom stereocenters. The Morgan fingerprint density at radius 2 is 1.33 bits per heavy atom. The molecule has 5 nitrogen and oxygen atoms in total. The monoisotopic (exact) mass is 362 g/mol. The van der Waals surface area contributed by atoms with E-state index in [4.69, 9.17) is 4.74 Å². The molecule has 0 N–H and O–H groups in total. The molecule has 27 heavy (non-hydrogen) atoms. The maximum atomic E-state index is 13.3. The molecule has 4 rings (SSSR count). The third-order valence-electron chi connectivity index (χ3n) is 5.02. The average Bonchev–Trinajstić information content (AvgIpc) is 2.94. The highest BCUT2D eigenvalue weighted by molar-refractivity contribution is 6.45. The number of anilines is 1. The van der Waals surface area contributed by atoms with Gasteiger partial charge in [0.25, 0.3) is 11.8 Å². The lowest BCUT2D eigenvalue weighted by Crippen LogP contribution is -2.40. The van der Waals surface area contributed by atoms with Gasteiger partial charge >= 0.3 is 0 Å². The number of benzene rings is 2. The molecule has 0 aliphatic carbocycles. The zero-order valence-electron chi connectivity index (χ0n) is 15.6. The number of carbonyl (C=O) groups is 2. The first-order valence-electron chi connectivity index (χ1n) is 9.16. The Morgan fingerprint density at radius 3 is 1.93 bits per heavy atom. The summed E-state index contributed by atoms with van der Waals surface area (Å²) in [6.45, 7) is 6.29. The molecule has 2 amide bonds. The number of amides is 2. The van der Waals surface area contributed by atoms with Crippen LogP contribution in [0.5, 0.6) is 0 Å². The molecular formula is C22H22N2O3. The number of rotatable bonds is 3. The van der Waals surface area contributed by atoms with Crippen LogP contribution in [0.1, 0.15) is 16.7 Å². The Balaban J connectivity index is 1.81. The van der Waals surface area contributed by atoms with Crippen LogP contribution in [-0.2, 0) is 14.3 Å². The lowest BCUT2D eigenvalue weighted by molar-refractivity contribution is -0.121. The molecule has 0 saturated carbocycles.